The minimum absolute atomic E-state index is 0.0213. The van der Waals surface area contributed by atoms with E-state index in [9.17, 15) is 9.59 Å². The number of para-hydroxylation sites is 3. The number of carbonyl (C=O) groups excluding carboxylic acids is 1. The quantitative estimate of drug-likeness (QED) is 0.543. The predicted molar refractivity (Wildman–Crippen MR) is 100 cm³/mol. The van der Waals surface area contributed by atoms with Crippen molar-refractivity contribution < 1.29 is 13.7 Å². The molecule has 1 amide bonds. The smallest absolute Gasteiger partial charge is 0.408 e. The lowest BCUT2D eigenvalue weighted by molar-refractivity contribution is -0.117. The number of hydrogen-bond acceptors (Lipinski definition) is 6. The Morgan fingerprint density at radius 1 is 1.04 bits per heavy atom. The van der Waals surface area contributed by atoms with Crippen molar-refractivity contribution in [3.05, 3.63) is 76.9 Å². The molecule has 1 saturated heterocycles. The molecular weight excluding hydrogens is 360 g/mol. The molecule has 0 saturated carbocycles. The molecule has 0 spiro atoms. The van der Waals surface area contributed by atoms with Crippen molar-refractivity contribution in [2.75, 3.05) is 11.4 Å². The maximum Gasteiger partial charge on any atom is 0.420 e. The third-order valence-electron chi connectivity index (χ3n) is 4.90. The van der Waals surface area contributed by atoms with E-state index in [4.69, 9.17) is 8.94 Å². The number of aromatic nitrogens is 3. The fourth-order valence-corrected chi connectivity index (χ4v) is 3.53. The van der Waals surface area contributed by atoms with Crippen LogP contribution in [0.2, 0.25) is 0 Å². The zero-order valence-electron chi connectivity index (χ0n) is 14.8. The fourth-order valence-electron chi connectivity index (χ4n) is 3.53. The van der Waals surface area contributed by atoms with Gasteiger partial charge in [0, 0.05) is 18.7 Å². The third kappa shape index (κ3) is 2.79. The fraction of sp³-hybridized carbons (Fsp3) is 0.200. The number of carbonyl (C=O) groups is 1. The van der Waals surface area contributed by atoms with Crippen molar-refractivity contribution in [3.63, 3.8) is 0 Å². The van der Waals surface area contributed by atoms with Gasteiger partial charge in [0.2, 0.25) is 11.8 Å². The van der Waals surface area contributed by atoms with Gasteiger partial charge in [-0.2, -0.15) is 4.98 Å². The summed E-state index contributed by atoms with van der Waals surface area (Å²) in [4.78, 5) is 30.6. The van der Waals surface area contributed by atoms with Crippen LogP contribution in [0.5, 0.6) is 0 Å². The second-order valence-electron chi connectivity index (χ2n) is 6.71. The van der Waals surface area contributed by atoms with Gasteiger partial charge in [-0.15, -0.1) is 0 Å². The lowest BCUT2D eigenvalue weighted by Crippen LogP contribution is -2.24. The molecule has 140 valence electrons. The molecule has 0 radical (unpaired) electrons. The lowest BCUT2D eigenvalue weighted by Gasteiger charge is -2.15. The van der Waals surface area contributed by atoms with Crippen molar-refractivity contribution in [2.24, 2.45) is 0 Å². The molecule has 0 aliphatic carbocycles. The summed E-state index contributed by atoms with van der Waals surface area (Å²) in [5, 5.41) is 3.99. The number of rotatable bonds is 4. The van der Waals surface area contributed by atoms with Gasteiger partial charge in [0.05, 0.1) is 18.0 Å². The standard InChI is InChI=1S/C20H16N4O4/c25-18-10-13(11-23(18)14-6-2-1-3-7-14)19-21-17(22-28-19)12-24-15-8-4-5-9-16(15)27-20(24)26/h1-9,13H,10-12H2. The molecule has 2 aromatic carbocycles. The van der Waals surface area contributed by atoms with Crippen molar-refractivity contribution in [3.8, 4) is 0 Å². The van der Waals surface area contributed by atoms with Crippen LogP contribution in [0, 0.1) is 0 Å². The molecule has 5 rings (SSSR count). The number of fused-ring (bicyclic) bond motifs is 1. The van der Waals surface area contributed by atoms with E-state index in [1.807, 2.05) is 36.4 Å². The molecule has 2 aromatic heterocycles. The van der Waals surface area contributed by atoms with Gasteiger partial charge in [-0.05, 0) is 24.3 Å². The number of oxazole rings is 1. The van der Waals surface area contributed by atoms with E-state index in [0.29, 0.717) is 35.8 Å². The minimum Gasteiger partial charge on any atom is -0.408 e. The number of anilines is 1. The maximum absolute atomic E-state index is 12.4. The molecule has 1 fully saturated rings. The Balaban J connectivity index is 1.37. The van der Waals surface area contributed by atoms with Gasteiger partial charge in [-0.1, -0.05) is 35.5 Å². The first-order chi connectivity index (χ1) is 13.7. The molecule has 1 unspecified atom stereocenters. The molecule has 1 atom stereocenters. The first-order valence-electron chi connectivity index (χ1n) is 8.95. The zero-order chi connectivity index (χ0) is 19.1. The number of hydrogen-bond donors (Lipinski definition) is 0. The Morgan fingerprint density at radius 2 is 1.82 bits per heavy atom. The summed E-state index contributed by atoms with van der Waals surface area (Å²) in [6.07, 6.45) is 0.311. The van der Waals surface area contributed by atoms with Crippen molar-refractivity contribution in [1.29, 1.82) is 0 Å². The van der Waals surface area contributed by atoms with Gasteiger partial charge in [0.25, 0.3) is 0 Å². The second kappa shape index (κ2) is 6.49. The summed E-state index contributed by atoms with van der Waals surface area (Å²) in [7, 11) is 0. The molecule has 8 nitrogen and oxygen atoms in total. The highest BCUT2D eigenvalue weighted by molar-refractivity contribution is 5.96. The maximum atomic E-state index is 12.4. The molecule has 0 bridgehead atoms. The van der Waals surface area contributed by atoms with Crippen molar-refractivity contribution in [2.45, 2.75) is 18.9 Å². The van der Waals surface area contributed by atoms with Crippen LogP contribution in [0.1, 0.15) is 24.1 Å². The first kappa shape index (κ1) is 16.5. The summed E-state index contributed by atoms with van der Waals surface area (Å²) >= 11 is 0. The van der Waals surface area contributed by atoms with Crippen molar-refractivity contribution >= 4 is 22.7 Å². The first-order valence-corrected chi connectivity index (χ1v) is 8.95. The van der Waals surface area contributed by atoms with Crippen LogP contribution in [0.15, 0.2) is 68.3 Å². The van der Waals surface area contributed by atoms with E-state index in [0.717, 1.165) is 5.69 Å². The van der Waals surface area contributed by atoms with E-state index >= 15 is 0 Å². The molecule has 8 heteroatoms. The number of benzene rings is 2. The Bertz CT molecular complexity index is 1210. The molecule has 1 aliphatic rings. The Labute approximate surface area is 159 Å². The summed E-state index contributed by atoms with van der Waals surface area (Å²) in [5.41, 5.74) is 2.03. The van der Waals surface area contributed by atoms with Gasteiger partial charge in [-0.3, -0.25) is 9.36 Å². The highest BCUT2D eigenvalue weighted by atomic mass is 16.5. The van der Waals surface area contributed by atoms with Gasteiger partial charge >= 0.3 is 5.76 Å². The van der Waals surface area contributed by atoms with E-state index in [1.54, 1.807) is 23.1 Å². The lowest BCUT2D eigenvalue weighted by atomic mass is 10.1. The van der Waals surface area contributed by atoms with Crippen LogP contribution in [-0.4, -0.2) is 27.2 Å². The van der Waals surface area contributed by atoms with Crippen LogP contribution < -0.4 is 10.7 Å². The van der Waals surface area contributed by atoms with Crippen LogP contribution in [0.4, 0.5) is 5.69 Å². The van der Waals surface area contributed by atoms with Crippen molar-refractivity contribution in [1.82, 2.24) is 14.7 Å². The highest BCUT2D eigenvalue weighted by Gasteiger charge is 2.35. The summed E-state index contributed by atoms with van der Waals surface area (Å²) < 4.78 is 12.1. The van der Waals surface area contributed by atoms with Crippen LogP contribution in [-0.2, 0) is 11.3 Å². The number of nitrogens with zero attached hydrogens (tertiary/aromatic N) is 4. The Morgan fingerprint density at radius 3 is 2.68 bits per heavy atom. The monoisotopic (exact) mass is 376 g/mol. The van der Waals surface area contributed by atoms with E-state index < -0.39 is 5.76 Å². The molecular formula is C20H16N4O4. The minimum atomic E-state index is -0.473. The van der Waals surface area contributed by atoms with E-state index in [2.05, 4.69) is 10.1 Å². The topological polar surface area (TPSA) is 94.4 Å². The normalized spacial score (nSPS) is 16.9. The van der Waals surface area contributed by atoms with E-state index in [-0.39, 0.29) is 18.4 Å². The van der Waals surface area contributed by atoms with Gasteiger partial charge < -0.3 is 13.8 Å². The van der Waals surface area contributed by atoms with Gasteiger partial charge in [-0.25, -0.2) is 4.79 Å². The molecule has 3 heterocycles. The Hall–Kier alpha value is -3.68. The predicted octanol–water partition coefficient (Wildman–Crippen LogP) is 2.55. The van der Waals surface area contributed by atoms with E-state index in [1.165, 1.54) is 4.57 Å². The highest BCUT2D eigenvalue weighted by Crippen LogP contribution is 2.30. The molecule has 28 heavy (non-hydrogen) atoms. The van der Waals surface area contributed by atoms with Crippen LogP contribution in [0.25, 0.3) is 11.1 Å². The van der Waals surface area contributed by atoms with Gasteiger partial charge in [0.15, 0.2) is 11.4 Å². The second-order valence-corrected chi connectivity index (χ2v) is 6.71. The summed E-state index contributed by atoms with van der Waals surface area (Å²) in [6, 6.07) is 16.7. The third-order valence-corrected chi connectivity index (χ3v) is 4.90. The molecule has 4 aromatic rings. The Kier molecular flexibility index (Phi) is 3.82. The van der Waals surface area contributed by atoms with Gasteiger partial charge in [0.1, 0.15) is 0 Å². The molecule has 0 N–H and O–H groups in total. The molecule has 1 aliphatic heterocycles. The number of amides is 1. The average molecular weight is 376 g/mol. The largest absolute Gasteiger partial charge is 0.420 e. The van der Waals surface area contributed by atoms with Crippen LogP contribution >= 0.6 is 0 Å². The van der Waals surface area contributed by atoms with Crippen LogP contribution in [0.3, 0.4) is 0 Å². The SMILES string of the molecule is O=C1CC(c2nc(Cn3c(=O)oc4ccccc43)no2)CN1c1ccccc1. The summed E-state index contributed by atoms with van der Waals surface area (Å²) in [6.45, 7) is 0.626. The summed E-state index contributed by atoms with van der Waals surface area (Å²) in [5.74, 6) is 0.149. The average Bonchev–Trinajstić information content (AvgIpc) is 3.41. The zero-order valence-corrected chi connectivity index (χ0v) is 14.8.